The molecule has 4 heteroatoms. The molecule has 2 atom stereocenters. The summed E-state index contributed by atoms with van der Waals surface area (Å²) in [6.07, 6.45) is 4.70. The maximum absolute atomic E-state index is 6.14. The van der Waals surface area contributed by atoms with E-state index in [-0.39, 0.29) is 12.1 Å². The number of hydrogen-bond donors (Lipinski definition) is 1. The molecule has 0 amide bonds. The van der Waals surface area contributed by atoms with Gasteiger partial charge in [-0.15, -0.1) is 0 Å². The first-order chi connectivity index (χ1) is 8.63. The van der Waals surface area contributed by atoms with Gasteiger partial charge >= 0.3 is 0 Å². The summed E-state index contributed by atoms with van der Waals surface area (Å²) in [5.41, 5.74) is 7.29. The Kier molecular flexibility index (Phi) is 4.04. The zero-order chi connectivity index (χ0) is 13.1. The standard InChI is InChI=1S/C14H18ClN3/c1-3-13-17-8-9-18(13)14(10(2)16)11-4-6-12(15)7-5-11/h4-10,14H,3,16H2,1-2H3. The molecule has 0 fully saturated rings. The fourth-order valence-electron chi connectivity index (χ4n) is 2.25. The van der Waals surface area contributed by atoms with Gasteiger partial charge in [0, 0.05) is 29.9 Å². The Hall–Kier alpha value is -1.32. The second-order valence-corrected chi connectivity index (χ2v) is 4.90. The van der Waals surface area contributed by atoms with E-state index in [9.17, 15) is 0 Å². The number of aromatic nitrogens is 2. The van der Waals surface area contributed by atoms with E-state index in [0.29, 0.717) is 0 Å². The van der Waals surface area contributed by atoms with Crippen LogP contribution in [-0.2, 0) is 6.42 Å². The zero-order valence-electron chi connectivity index (χ0n) is 10.7. The average molecular weight is 264 g/mol. The van der Waals surface area contributed by atoms with Crippen LogP contribution in [0, 0.1) is 0 Å². The van der Waals surface area contributed by atoms with Gasteiger partial charge in [0.25, 0.3) is 0 Å². The third-order valence-electron chi connectivity index (χ3n) is 3.07. The van der Waals surface area contributed by atoms with Crippen molar-refractivity contribution < 1.29 is 0 Å². The molecular weight excluding hydrogens is 246 g/mol. The number of aryl methyl sites for hydroxylation is 1. The predicted octanol–water partition coefficient (Wildman–Crippen LogP) is 3.04. The topological polar surface area (TPSA) is 43.8 Å². The highest BCUT2D eigenvalue weighted by Crippen LogP contribution is 2.24. The molecule has 18 heavy (non-hydrogen) atoms. The molecule has 0 bridgehead atoms. The molecule has 2 aromatic rings. The second-order valence-electron chi connectivity index (χ2n) is 4.46. The maximum atomic E-state index is 6.14. The average Bonchev–Trinajstić information content (AvgIpc) is 2.79. The van der Waals surface area contributed by atoms with Crippen LogP contribution in [-0.4, -0.2) is 15.6 Å². The molecule has 2 rings (SSSR count). The highest BCUT2D eigenvalue weighted by molar-refractivity contribution is 6.30. The molecule has 0 saturated carbocycles. The molecule has 0 aliphatic rings. The monoisotopic (exact) mass is 263 g/mol. The van der Waals surface area contributed by atoms with Crippen molar-refractivity contribution in [2.24, 2.45) is 5.73 Å². The van der Waals surface area contributed by atoms with E-state index in [2.05, 4.69) is 16.5 Å². The van der Waals surface area contributed by atoms with Crippen LogP contribution in [0.15, 0.2) is 36.7 Å². The SMILES string of the molecule is CCc1nccn1C(c1ccc(Cl)cc1)C(C)N. The number of nitrogens with two attached hydrogens (primary N) is 1. The Morgan fingerprint density at radius 3 is 2.56 bits per heavy atom. The van der Waals surface area contributed by atoms with Gasteiger partial charge in [0.05, 0.1) is 6.04 Å². The van der Waals surface area contributed by atoms with Crippen LogP contribution in [0.1, 0.15) is 31.3 Å². The van der Waals surface area contributed by atoms with Gasteiger partial charge in [0.1, 0.15) is 5.82 Å². The van der Waals surface area contributed by atoms with Crippen LogP contribution < -0.4 is 5.73 Å². The highest BCUT2D eigenvalue weighted by Gasteiger charge is 2.20. The first kappa shape index (κ1) is 13.1. The molecule has 0 aliphatic heterocycles. The van der Waals surface area contributed by atoms with E-state index in [0.717, 1.165) is 22.8 Å². The molecule has 0 saturated heterocycles. The van der Waals surface area contributed by atoms with Crippen molar-refractivity contribution in [3.05, 3.63) is 53.1 Å². The molecule has 1 aromatic heterocycles. The number of halogens is 1. The molecule has 1 aromatic carbocycles. The molecule has 2 N–H and O–H groups in total. The Balaban J connectivity index is 2.43. The summed E-state index contributed by atoms with van der Waals surface area (Å²) < 4.78 is 2.15. The molecule has 1 heterocycles. The van der Waals surface area contributed by atoms with E-state index < -0.39 is 0 Å². The minimum absolute atomic E-state index is 0.00526. The predicted molar refractivity (Wildman–Crippen MR) is 74.8 cm³/mol. The molecule has 0 spiro atoms. The van der Waals surface area contributed by atoms with Crippen LogP contribution in [0.3, 0.4) is 0 Å². The van der Waals surface area contributed by atoms with Gasteiger partial charge in [-0.05, 0) is 24.6 Å². The van der Waals surface area contributed by atoms with E-state index in [4.69, 9.17) is 17.3 Å². The third kappa shape index (κ3) is 2.57. The smallest absolute Gasteiger partial charge is 0.108 e. The van der Waals surface area contributed by atoms with E-state index in [1.165, 1.54) is 0 Å². The van der Waals surface area contributed by atoms with Crippen molar-refractivity contribution in [3.8, 4) is 0 Å². The van der Waals surface area contributed by atoms with Crippen LogP contribution in [0.25, 0.3) is 0 Å². The Morgan fingerprint density at radius 2 is 2.00 bits per heavy atom. The van der Waals surface area contributed by atoms with Gasteiger partial charge in [-0.3, -0.25) is 0 Å². The fourth-order valence-corrected chi connectivity index (χ4v) is 2.37. The zero-order valence-corrected chi connectivity index (χ0v) is 11.4. The number of nitrogens with zero attached hydrogens (tertiary/aromatic N) is 2. The minimum atomic E-state index is 0.00526. The highest BCUT2D eigenvalue weighted by atomic mass is 35.5. The lowest BCUT2D eigenvalue weighted by atomic mass is 10.0. The summed E-state index contributed by atoms with van der Waals surface area (Å²) >= 11 is 5.93. The molecule has 0 aliphatic carbocycles. The maximum Gasteiger partial charge on any atom is 0.108 e. The molecule has 0 radical (unpaired) electrons. The van der Waals surface area contributed by atoms with Gasteiger partial charge in [-0.1, -0.05) is 30.7 Å². The van der Waals surface area contributed by atoms with Crippen molar-refractivity contribution in [2.75, 3.05) is 0 Å². The summed E-state index contributed by atoms with van der Waals surface area (Å²) in [6, 6.07) is 7.94. The Bertz CT molecular complexity index is 502. The van der Waals surface area contributed by atoms with Crippen molar-refractivity contribution in [3.63, 3.8) is 0 Å². The summed E-state index contributed by atoms with van der Waals surface area (Å²) in [5, 5.41) is 0.739. The molecular formula is C14H18ClN3. The summed E-state index contributed by atoms with van der Waals surface area (Å²) in [6.45, 7) is 4.11. The quantitative estimate of drug-likeness (QED) is 0.921. The number of imidazole rings is 1. The number of benzene rings is 1. The summed E-state index contributed by atoms with van der Waals surface area (Å²) in [5.74, 6) is 1.05. The van der Waals surface area contributed by atoms with Gasteiger partial charge in [0.15, 0.2) is 0 Å². The van der Waals surface area contributed by atoms with Gasteiger partial charge in [0.2, 0.25) is 0 Å². The largest absolute Gasteiger partial charge is 0.326 e. The first-order valence-corrected chi connectivity index (χ1v) is 6.54. The van der Waals surface area contributed by atoms with Crippen molar-refractivity contribution in [1.82, 2.24) is 9.55 Å². The Morgan fingerprint density at radius 1 is 1.33 bits per heavy atom. The van der Waals surface area contributed by atoms with Crippen molar-refractivity contribution >= 4 is 11.6 Å². The lowest BCUT2D eigenvalue weighted by Gasteiger charge is -2.24. The van der Waals surface area contributed by atoms with Gasteiger partial charge in [-0.2, -0.15) is 0 Å². The molecule has 3 nitrogen and oxygen atoms in total. The summed E-state index contributed by atoms with van der Waals surface area (Å²) in [4.78, 5) is 4.36. The van der Waals surface area contributed by atoms with Crippen molar-refractivity contribution in [1.29, 1.82) is 0 Å². The lowest BCUT2D eigenvalue weighted by molar-refractivity contribution is 0.481. The summed E-state index contributed by atoms with van der Waals surface area (Å²) in [7, 11) is 0. The number of rotatable bonds is 4. The van der Waals surface area contributed by atoms with Crippen LogP contribution >= 0.6 is 11.6 Å². The third-order valence-corrected chi connectivity index (χ3v) is 3.33. The first-order valence-electron chi connectivity index (χ1n) is 6.16. The lowest BCUT2D eigenvalue weighted by Crippen LogP contribution is -2.30. The van der Waals surface area contributed by atoms with E-state index in [1.54, 1.807) is 0 Å². The number of hydrogen-bond acceptors (Lipinski definition) is 2. The molecule has 2 unspecified atom stereocenters. The van der Waals surface area contributed by atoms with E-state index in [1.807, 2.05) is 43.6 Å². The van der Waals surface area contributed by atoms with Crippen LogP contribution in [0.4, 0.5) is 0 Å². The fraction of sp³-hybridized carbons (Fsp3) is 0.357. The minimum Gasteiger partial charge on any atom is -0.326 e. The van der Waals surface area contributed by atoms with Crippen LogP contribution in [0.5, 0.6) is 0 Å². The second kappa shape index (κ2) is 5.55. The normalized spacial score (nSPS) is 14.4. The Labute approximate surface area is 113 Å². The van der Waals surface area contributed by atoms with Crippen LogP contribution in [0.2, 0.25) is 5.02 Å². The van der Waals surface area contributed by atoms with Gasteiger partial charge in [-0.25, -0.2) is 4.98 Å². The van der Waals surface area contributed by atoms with Crippen molar-refractivity contribution in [2.45, 2.75) is 32.4 Å². The molecule has 96 valence electrons. The van der Waals surface area contributed by atoms with E-state index >= 15 is 0 Å². The van der Waals surface area contributed by atoms with Gasteiger partial charge < -0.3 is 10.3 Å².